The lowest BCUT2D eigenvalue weighted by Gasteiger charge is -2.29. The number of aromatic nitrogens is 3. The van der Waals surface area contributed by atoms with Crippen molar-refractivity contribution in [3.63, 3.8) is 0 Å². The molecule has 15 nitrogen and oxygen atoms in total. The molecule has 2 aromatic heterocycles. The van der Waals surface area contributed by atoms with Gasteiger partial charge >= 0.3 is 0 Å². The minimum Gasteiger partial charge on any atom is -0.495 e. The van der Waals surface area contributed by atoms with E-state index >= 15 is 0 Å². The van der Waals surface area contributed by atoms with E-state index in [1.807, 2.05) is 32.1 Å². The Balaban J connectivity index is 1.23. The summed E-state index contributed by atoms with van der Waals surface area (Å²) in [6.07, 6.45) is 9.02. The summed E-state index contributed by atoms with van der Waals surface area (Å²) in [5, 5.41) is 7.13. The summed E-state index contributed by atoms with van der Waals surface area (Å²) >= 11 is 3.60. The average molecular weight is 870 g/mol. The van der Waals surface area contributed by atoms with E-state index in [1.54, 1.807) is 38.6 Å². The molecule has 1 saturated heterocycles. The lowest BCUT2D eigenvalue weighted by molar-refractivity contribution is -0.140. The number of rotatable bonds is 10. The van der Waals surface area contributed by atoms with E-state index in [0.29, 0.717) is 71.3 Å². The van der Waals surface area contributed by atoms with Gasteiger partial charge in [-0.2, -0.15) is 5.10 Å². The normalized spacial score (nSPS) is 26.2. The molecule has 2 aliphatic carbocycles. The molecule has 0 unspecified atom stereocenters. The van der Waals surface area contributed by atoms with Gasteiger partial charge in [0.1, 0.15) is 29.3 Å². The maximum Gasteiger partial charge on any atom is 0.272 e. The zero-order chi connectivity index (χ0) is 40.6. The van der Waals surface area contributed by atoms with Crippen molar-refractivity contribution in [2.24, 2.45) is 18.4 Å². The molecule has 3 aromatic rings. The van der Waals surface area contributed by atoms with Crippen LogP contribution in [0.4, 0.5) is 0 Å². The molecule has 4 aliphatic rings. The molecule has 306 valence electrons. The number of benzene rings is 1. The smallest absolute Gasteiger partial charge is 0.272 e. The summed E-state index contributed by atoms with van der Waals surface area (Å²) in [4.78, 5) is 62.8. The highest BCUT2D eigenvalue weighted by Gasteiger charge is 2.61. The second-order valence-electron chi connectivity index (χ2n) is 15.8. The maximum absolute atomic E-state index is 14.7. The van der Waals surface area contributed by atoms with Crippen molar-refractivity contribution >= 4 is 60.4 Å². The molecule has 5 atom stereocenters. The van der Waals surface area contributed by atoms with Gasteiger partial charge in [-0.25, -0.2) is 13.4 Å². The van der Waals surface area contributed by atoms with Crippen LogP contribution in [-0.4, -0.2) is 94.8 Å². The minimum absolute atomic E-state index is 0.00525. The third-order valence-electron chi connectivity index (χ3n) is 11.2. The van der Waals surface area contributed by atoms with Gasteiger partial charge < -0.3 is 24.4 Å². The molecular weight excluding hydrogens is 820 g/mol. The fraction of sp³-hybridized carbons (Fsp3) is 0.550. The van der Waals surface area contributed by atoms with Gasteiger partial charge in [0.15, 0.2) is 5.78 Å². The van der Waals surface area contributed by atoms with E-state index in [1.165, 1.54) is 9.58 Å². The molecule has 0 bridgehead atoms. The molecule has 2 saturated carbocycles. The van der Waals surface area contributed by atoms with Gasteiger partial charge in [0.25, 0.3) is 5.91 Å². The molecule has 0 spiro atoms. The Bertz CT molecular complexity index is 2210. The largest absolute Gasteiger partial charge is 0.495 e. The number of pyridine rings is 1. The Morgan fingerprint density at radius 1 is 1.07 bits per heavy atom. The number of Topliss-reactive ketones (excluding diaryl/α,β-unsaturated/α-hetero) is 1. The van der Waals surface area contributed by atoms with Crippen molar-refractivity contribution in [1.29, 1.82) is 0 Å². The van der Waals surface area contributed by atoms with Crippen LogP contribution in [0.3, 0.4) is 0 Å². The summed E-state index contributed by atoms with van der Waals surface area (Å²) < 4.78 is 48.4. The lowest BCUT2D eigenvalue weighted by atomic mass is 9.91. The Morgan fingerprint density at radius 3 is 2.56 bits per heavy atom. The molecule has 7 rings (SSSR count). The number of fused-ring (bicyclic) bond motifs is 3. The maximum atomic E-state index is 14.7. The van der Waals surface area contributed by atoms with Gasteiger partial charge in [0, 0.05) is 37.5 Å². The number of sulfonamides is 1. The first-order valence-electron chi connectivity index (χ1n) is 19.6. The third-order valence-corrected chi connectivity index (χ3v) is 13.8. The highest BCUT2D eigenvalue weighted by molar-refractivity contribution is 9.10. The Hall–Kier alpha value is -4.51. The number of nitrogens with one attached hydrogen (secondary N) is 2. The van der Waals surface area contributed by atoms with Crippen LogP contribution in [0.2, 0.25) is 0 Å². The van der Waals surface area contributed by atoms with E-state index in [2.05, 4.69) is 31.1 Å². The number of ether oxygens (including phenoxy) is 3. The van der Waals surface area contributed by atoms with Crippen LogP contribution >= 0.6 is 15.9 Å². The van der Waals surface area contributed by atoms with Gasteiger partial charge in [0.2, 0.25) is 27.7 Å². The first-order chi connectivity index (χ1) is 27.2. The third kappa shape index (κ3) is 8.83. The first kappa shape index (κ1) is 40.7. The second kappa shape index (κ2) is 16.4. The number of methoxy groups -OCH3 is 1. The molecule has 2 N–H and O–H groups in total. The summed E-state index contributed by atoms with van der Waals surface area (Å²) in [5.41, 5.74) is -0.588. The van der Waals surface area contributed by atoms with E-state index in [9.17, 15) is 27.6 Å². The average Bonchev–Trinajstić information content (AvgIpc) is 4.05. The highest BCUT2D eigenvalue weighted by atomic mass is 79.9. The number of nitrogens with zero attached hydrogens (tertiary/aromatic N) is 4. The first-order valence-corrected chi connectivity index (χ1v) is 21.9. The Morgan fingerprint density at radius 2 is 1.86 bits per heavy atom. The van der Waals surface area contributed by atoms with Crippen LogP contribution in [0.1, 0.15) is 88.5 Å². The SMILES string of the molecule is COc1ccc2c(O[C@@H]3C[C@H]4C(=O)C[C@]5(C(=O)NS(=O)(=O)C6CC6)C[C@H]5/C=C\CCCCC[C@H](NC(=O)c5ccn(C)n5)C(=O)N4C3)cc(OC(C)C)nc2c1Br. The Kier molecular flexibility index (Phi) is 11.7. The van der Waals surface area contributed by atoms with Crippen molar-refractivity contribution in [3.05, 3.63) is 52.8 Å². The van der Waals surface area contributed by atoms with Gasteiger partial charge in [-0.3, -0.25) is 28.6 Å². The summed E-state index contributed by atoms with van der Waals surface area (Å²) in [6, 6.07) is 4.83. The van der Waals surface area contributed by atoms with Gasteiger partial charge in [-0.1, -0.05) is 25.0 Å². The monoisotopic (exact) mass is 868 g/mol. The fourth-order valence-electron chi connectivity index (χ4n) is 7.88. The van der Waals surface area contributed by atoms with Crippen molar-refractivity contribution in [3.8, 4) is 17.4 Å². The number of hydrogen-bond donors (Lipinski definition) is 2. The quantitative estimate of drug-likeness (QED) is 0.268. The number of allylic oxidation sites excluding steroid dienone is 2. The summed E-state index contributed by atoms with van der Waals surface area (Å²) in [6.45, 7) is 3.76. The van der Waals surface area contributed by atoms with Gasteiger partial charge in [-0.05, 0) is 92.4 Å². The second-order valence-corrected chi connectivity index (χ2v) is 18.6. The van der Waals surface area contributed by atoms with E-state index in [-0.39, 0.29) is 42.9 Å². The molecule has 1 aromatic carbocycles. The molecule has 4 heterocycles. The van der Waals surface area contributed by atoms with Crippen LogP contribution < -0.4 is 24.2 Å². The van der Waals surface area contributed by atoms with Crippen LogP contribution in [0, 0.1) is 11.3 Å². The number of carbonyl (C=O) groups excluding carboxylic acids is 4. The summed E-state index contributed by atoms with van der Waals surface area (Å²) in [5.74, 6) is -1.09. The van der Waals surface area contributed by atoms with Crippen LogP contribution in [0.25, 0.3) is 10.9 Å². The number of amides is 3. The predicted molar refractivity (Wildman–Crippen MR) is 213 cm³/mol. The molecule has 17 heteroatoms. The van der Waals surface area contributed by atoms with Gasteiger partial charge in [-0.15, -0.1) is 0 Å². The van der Waals surface area contributed by atoms with Crippen molar-refractivity contribution in [2.75, 3.05) is 13.7 Å². The topological polar surface area (TPSA) is 188 Å². The number of carbonyl (C=O) groups is 4. The van der Waals surface area contributed by atoms with Crippen molar-refractivity contribution in [1.82, 2.24) is 29.7 Å². The molecule has 57 heavy (non-hydrogen) atoms. The van der Waals surface area contributed by atoms with Crippen molar-refractivity contribution in [2.45, 2.75) is 108 Å². The molecular formula is C40H49BrN6O9S. The molecule has 0 radical (unpaired) electrons. The van der Waals surface area contributed by atoms with Crippen LogP contribution in [0.15, 0.2) is 47.1 Å². The van der Waals surface area contributed by atoms with Crippen LogP contribution in [-0.2, 0) is 31.5 Å². The number of hydrogen-bond acceptors (Lipinski definition) is 11. The lowest BCUT2D eigenvalue weighted by Crippen LogP contribution is -2.52. The Labute approximate surface area is 340 Å². The zero-order valence-corrected chi connectivity index (χ0v) is 34.9. The fourth-order valence-corrected chi connectivity index (χ4v) is 9.86. The molecule has 3 amide bonds. The van der Waals surface area contributed by atoms with E-state index < -0.39 is 56.6 Å². The molecule has 3 fully saturated rings. The van der Waals surface area contributed by atoms with Crippen molar-refractivity contribution < 1.29 is 41.8 Å². The van der Waals surface area contributed by atoms with E-state index in [0.717, 1.165) is 12.8 Å². The zero-order valence-electron chi connectivity index (χ0n) is 32.5. The number of halogens is 1. The molecule has 2 aliphatic heterocycles. The van der Waals surface area contributed by atoms with Crippen LogP contribution in [0.5, 0.6) is 17.4 Å². The van der Waals surface area contributed by atoms with E-state index in [4.69, 9.17) is 19.2 Å². The number of ketones is 1. The number of aryl methyl sites for hydroxylation is 1. The standard InChI is InChI=1S/C40H49BrN6O9S/c1-23(2)55-34-19-33(27-14-15-32(54-4)35(41)36(27)43-34)56-25-18-30-31(48)21-40(39(51)45-57(52,53)26-12-13-26)20-24(40)10-8-6-5-7-9-11-29(38(50)47(30)22-25)42-37(49)28-16-17-46(3)44-28/h8,10,14-17,19,23-26,29-30H,5-7,9,11-13,18,20-22H2,1-4H3,(H,42,49)(H,45,51)/b10-8-/t24-,25-,29+,30+,40-/m1/s1. The summed E-state index contributed by atoms with van der Waals surface area (Å²) in [7, 11) is -0.624. The van der Waals surface area contributed by atoms with Gasteiger partial charge in [0.05, 0.1) is 46.5 Å². The highest BCUT2D eigenvalue weighted by Crippen LogP contribution is 2.57. The minimum atomic E-state index is -3.87. The predicted octanol–water partition coefficient (Wildman–Crippen LogP) is 4.77.